The number of hydrogen-bond acceptors (Lipinski definition) is 6. The van der Waals surface area contributed by atoms with Crippen LogP contribution in [-0.2, 0) is 11.3 Å². The fourth-order valence-electron chi connectivity index (χ4n) is 4.44. The second kappa shape index (κ2) is 13.2. The lowest BCUT2D eigenvalue weighted by Crippen LogP contribution is -2.51. The van der Waals surface area contributed by atoms with Crippen molar-refractivity contribution in [3.63, 3.8) is 0 Å². The number of piperidine rings is 1. The van der Waals surface area contributed by atoms with Crippen LogP contribution in [0.3, 0.4) is 0 Å². The smallest absolute Gasteiger partial charge is 0.312 e. The molecule has 12 heteroatoms. The third kappa shape index (κ3) is 7.80. The summed E-state index contributed by atoms with van der Waals surface area (Å²) in [5.74, 6) is -0.403. The minimum absolute atomic E-state index is 0.0813. The predicted molar refractivity (Wildman–Crippen MR) is 142 cm³/mol. The molecule has 0 saturated carbocycles. The van der Waals surface area contributed by atoms with Gasteiger partial charge in [-0.3, -0.25) is 9.59 Å². The van der Waals surface area contributed by atoms with Gasteiger partial charge >= 0.3 is 6.03 Å². The first kappa shape index (κ1) is 28.2. The van der Waals surface area contributed by atoms with Crippen molar-refractivity contribution < 1.29 is 14.4 Å². The molecule has 0 aromatic carbocycles. The molecule has 36 heavy (non-hydrogen) atoms. The molecule has 0 radical (unpaired) electrons. The molecule has 3 heterocycles. The third-order valence-electron chi connectivity index (χ3n) is 6.45. The molecule has 1 fully saturated rings. The Hall–Kier alpha value is -2.40. The maximum Gasteiger partial charge on any atom is 0.312 e. The average molecular weight is 556 g/mol. The summed E-state index contributed by atoms with van der Waals surface area (Å²) < 4.78 is 0. The summed E-state index contributed by atoms with van der Waals surface area (Å²) in [6.07, 6.45) is 2.43. The zero-order chi connectivity index (χ0) is 26.2. The van der Waals surface area contributed by atoms with Gasteiger partial charge in [-0.05, 0) is 67.1 Å². The minimum atomic E-state index is -0.709. The van der Waals surface area contributed by atoms with E-state index in [1.54, 1.807) is 24.3 Å². The number of rotatable bonds is 10. The molecule has 0 bridgehead atoms. The number of likely N-dealkylation sites (tertiary alicyclic amines) is 1. The van der Waals surface area contributed by atoms with E-state index in [0.29, 0.717) is 24.2 Å². The maximum absolute atomic E-state index is 12.9. The Bertz CT molecular complexity index is 1040. The van der Waals surface area contributed by atoms with E-state index in [-0.39, 0.29) is 40.7 Å². The van der Waals surface area contributed by atoms with Gasteiger partial charge in [0.05, 0.1) is 12.1 Å². The van der Waals surface area contributed by atoms with Gasteiger partial charge in [-0.1, -0.05) is 23.2 Å². The average Bonchev–Trinajstić information content (AvgIpc) is 3.34. The molecule has 4 amide bonds. The van der Waals surface area contributed by atoms with E-state index in [9.17, 15) is 14.4 Å². The Labute approximate surface area is 225 Å². The lowest BCUT2D eigenvalue weighted by Gasteiger charge is -2.41. The van der Waals surface area contributed by atoms with Crippen molar-refractivity contribution in [1.29, 1.82) is 0 Å². The highest BCUT2D eigenvalue weighted by atomic mass is 35.5. The van der Waals surface area contributed by atoms with Crippen LogP contribution in [0.15, 0.2) is 22.9 Å². The van der Waals surface area contributed by atoms with Gasteiger partial charge in [0.15, 0.2) is 0 Å². The third-order valence-corrected chi connectivity index (χ3v) is 7.65. The fraction of sp³-hybridized carbons (Fsp3) is 0.500. The highest BCUT2D eigenvalue weighted by Crippen LogP contribution is 2.23. The van der Waals surface area contributed by atoms with Crippen molar-refractivity contribution in [2.75, 3.05) is 26.2 Å². The Morgan fingerprint density at radius 1 is 1.28 bits per heavy atom. The topological polar surface area (TPSA) is 121 Å². The van der Waals surface area contributed by atoms with Crippen LogP contribution < -0.4 is 16.4 Å². The van der Waals surface area contributed by atoms with Crippen LogP contribution in [0.4, 0.5) is 4.79 Å². The fourth-order valence-corrected chi connectivity index (χ4v) is 5.71. The van der Waals surface area contributed by atoms with E-state index < -0.39 is 6.03 Å². The molecule has 0 unspecified atom stereocenters. The van der Waals surface area contributed by atoms with Crippen molar-refractivity contribution in [3.8, 4) is 0 Å². The first-order valence-electron chi connectivity index (χ1n) is 11.8. The number of halogens is 2. The summed E-state index contributed by atoms with van der Waals surface area (Å²) in [6, 6.07) is 3.25. The Morgan fingerprint density at radius 3 is 2.61 bits per heavy atom. The molecule has 196 valence electrons. The summed E-state index contributed by atoms with van der Waals surface area (Å²) in [4.78, 5) is 44.7. The number of amides is 4. The zero-order valence-electron chi connectivity index (χ0n) is 20.4. The van der Waals surface area contributed by atoms with E-state index in [1.807, 2.05) is 21.7 Å². The largest absolute Gasteiger partial charge is 0.352 e. The first-order valence-corrected chi connectivity index (χ1v) is 13.5. The summed E-state index contributed by atoms with van der Waals surface area (Å²) in [5.41, 5.74) is 7.25. The second-order valence-corrected chi connectivity index (χ2v) is 10.5. The molecule has 2 aromatic heterocycles. The second-order valence-electron chi connectivity index (χ2n) is 8.96. The van der Waals surface area contributed by atoms with Gasteiger partial charge in [0.2, 0.25) is 5.91 Å². The quantitative estimate of drug-likeness (QED) is 0.388. The number of hydrogen-bond donors (Lipinski definition) is 3. The van der Waals surface area contributed by atoms with Gasteiger partial charge in [0.25, 0.3) is 5.91 Å². The van der Waals surface area contributed by atoms with Crippen molar-refractivity contribution >= 4 is 52.4 Å². The van der Waals surface area contributed by atoms with E-state index in [4.69, 9.17) is 28.9 Å². The number of nitrogens with two attached hydrogens (primary N) is 1. The number of aromatic nitrogens is 1. The lowest BCUT2D eigenvalue weighted by atomic mass is 10.00. The molecule has 4 N–H and O–H groups in total. The number of thiophene rings is 1. The molecular weight excluding hydrogens is 523 g/mol. The van der Waals surface area contributed by atoms with E-state index in [0.717, 1.165) is 37.9 Å². The number of nitrogens with zero attached hydrogens (tertiary/aromatic N) is 3. The van der Waals surface area contributed by atoms with Crippen LogP contribution >= 0.6 is 34.5 Å². The number of primary amides is 1. The normalized spacial score (nSPS) is 15.3. The van der Waals surface area contributed by atoms with Crippen LogP contribution in [0.5, 0.6) is 0 Å². The predicted octanol–water partition coefficient (Wildman–Crippen LogP) is 3.43. The molecule has 3 rings (SSSR count). The molecule has 9 nitrogen and oxygen atoms in total. The molecule has 1 aliphatic rings. The standard InChI is InChI=1S/C24H32Cl2N6O3S/c1-15-11-19(25)30-22(26)21(15)23(34)28-7-3-16(2)31-8-4-18(5-9-31)32(13-17-6-10-36-14-17)20(33)12-29-24(27)35/h6,10-11,14,16,18H,3-5,7-9,12-13H2,1-2H3,(H,28,34)(H3,27,29,35)/t16-/m1/s1. The number of carbonyl (C=O) groups is 3. The van der Waals surface area contributed by atoms with E-state index in [1.165, 1.54) is 0 Å². The zero-order valence-corrected chi connectivity index (χ0v) is 22.8. The minimum Gasteiger partial charge on any atom is -0.352 e. The lowest BCUT2D eigenvalue weighted by molar-refractivity contribution is -0.134. The number of carbonyl (C=O) groups excluding carboxylic acids is 3. The van der Waals surface area contributed by atoms with Crippen LogP contribution in [0, 0.1) is 6.92 Å². The van der Waals surface area contributed by atoms with Crippen molar-refractivity contribution in [2.24, 2.45) is 5.73 Å². The van der Waals surface area contributed by atoms with Gasteiger partial charge in [-0.25, -0.2) is 9.78 Å². The molecule has 1 saturated heterocycles. The highest BCUT2D eigenvalue weighted by Gasteiger charge is 2.30. The van der Waals surface area contributed by atoms with Gasteiger partial charge in [-0.2, -0.15) is 11.3 Å². The molecule has 0 aliphatic carbocycles. The van der Waals surface area contributed by atoms with Crippen molar-refractivity contribution in [2.45, 2.75) is 51.7 Å². The monoisotopic (exact) mass is 554 g/mol. The molecule has 2 aromatic rings. The van der Waals surface area contributed by atoms with Crippen molar-refractivity contribution in [1.82, 2.24) is 25.4 Å². The summed E-state index contributed by atoms with van der Waals surface area (Å²) >= 11 is 13.6. The molecule has 1 atom stereocenters. The molecular formula is C24H32Cl2N6O3S. The van der Waals surface area contributed by atoms with Gasteiger partial charge < -0.3 is 26.2 Å². The van der Waals surface area contributed by atoms with Crippen LogP contribution in [0.25, 0.3) is 0 Å². The number of urea groups is 1. The highest BCUT2D eigenvalue weighted by molar-refractivity contribution is 7.07. The first-order chi connectivity index (χ1) is 17.2. The number of aryl methyl sites for hydroxylation is 1. The Kier molecular flexibility index (Phi) is 10.4. The van der Waals surface area contributed by atoms with Gasteiger partial charge in [0.1, 0.15) is 10.3 Å². The molecule has 0 spiro atoms. The molecule has 1 aliphatic heterocycles. The summed E-state index contributed by atoms with van der Waals surface area (Å²) in [6.45, 7) is 6.49. The van der Waals surface area contributed by atoms with Gasteiger partial charge in [0, 0.05) is 38.3 Å². The number of pyridine rings is 1. The maximum atomic E-state index is 12.9. The SMILES string of the molecule is Cc1cc(Cl)nc(Cl)c1C(=O)NCC[C@@H](C)N1CCC(N(Cc2ccsc2)C(=O)CNC(N)=O)CC1. The Balaban J connectivity index is 1.50. The van der Waals surface area contributed by atoms with Gasteiger partial charge in [-0.15, -0.1) is 0 Å². The van der Waals surface area contributed by atoms with Crippen LogP contribution in [-0.4, -0.2) is 70.9 Å². The van der Waals surface area contributed by atoms with Crippen LogP contribution in [0.2, 0.25) is 10.3 Å². The number of nitrogens with one attached hydrogen (secondary N) is 2. The van der Waals surface area contributed by atoms with Crippen molar-refractivity contribution in [3.05, 3.63) is 49.9 Å². The van der Waals surface area contributed by atoms with E-state index in [2.05, 4.69) is 27.4 Å². The summed E-state index contributed by atoms with van der Waals surface area (Å²) in [5, 5.41) is 9.71. The summed E-state index contributed by atoms with van der Waals surface area (Å²) in [7, 11) is 0. The van der Waals surface area contributed by atoms with Crippen LogP contribution in [0.1, 0.15) is 47.7 Å². The Morgan fingerprint density at radius 2 is 2.00 bits per heavy atom. The van der Waals surface area contributed by atoms with E-state index >= 15 is 0 Å².